The van der Waals surface area contributed by atoms with Crippen molar-refractivity contribution >= 4 is 12.2 Å². The van der Waals surface area contributed by atoms with E-state index in [1.165, 1.54) is 12.1 Å². The normalized spacial score (nSPS) is 10.9. The van der Waals surface area contributed by atoms with E-state index in [9.17, 15) is 15.3 Å². The number of rotatable bonds is 2. The molecular weight excluding hydrogens is 232 g/mol. The lowest BCUT2D eigenvalue weighted by atomic mass is 10.1. The molecule has 0 heterocycles. The Balaban J connectivity index is 2.26. The van der Waals surface area contributed by atoms with Gasteiger partial charge in [0.1, 0.15) is 5.75 Å². The second-order valence-corrected chi connectivity index (χ2v) is 3.83. The van der Waals surface area contributed by atoms with Crippen molar-refractivity contribution in [2.75, 3.05) is 0 Å². The fourth-order valence-electron chi connectivity index (χ4n) is 1.50. The molecule has 0 amide bonds. The Morgan fingerprint density at radius 2 is 1.17 bits per heavy atom. The molecule has 0 saturated carbocycles. The van der Waals surface area contributed by atoms with E-state index < -0.39 is 5.75 Å². The molecule has 4 heteroatoms. The topological polar surface area (TPSA) is 80.9 Å². The minimum atomic E-state index is -0.531. The lowest BCUT2D eigenvalue weighted by Crippen LogP contribution is -1.76. The predicted octanol–water partition coefficient (Wildman–Crippen LogP) is 2.68. The van der Waals surface area contributed by atoms with Crippen molar-refractivity contribution in [2.45, 2.75) is 0 Å². The first kappa shape index (κ1) is 11.9. The Morgan fingerprint density at radius 1 is 0.667 bits per heavy atom. The third-order valence-corrected chi connectivity index (χ3v) is 2.45. The highest BCUT2D eigenvalue weighted by atomic mass is 16.3. The predicted molar refractivity (Wildman–Crippen MR) is 68.5 cm³/mol. The first-order valence-electron chi connectivity index (χ1n) is 5.28. The average Bonchev–Trinajstić information content (AvgIpc) is 2.35. The minimum Gasteiger partial charge on any atom is -0.508 e. The van der Waals surface area contributed by atoms with E-state index >= 15 is 0 Å². The molecule has 0 aliphatic rings. The number of hydrogen-bond donors (Lipinski definition) is 4. The molecule has 0 saturated heterocycles. The van der Waals surface area contributed by atoms with Gasteiger partial charge in [0, 0.05) is 0 Å². The van der Waals surface area contributed by atoms with Crippen LogP contribution in [0.3, 0.4) is 0 Å². The second kappa shape index (κ2) is 4.71. The molecule has 4 nitrogen and oxygen atoms in total. The molecule has 0 radical (unpaired) electrons. The quantitative estimate of drug-likeness (QED) is 0.483. The summed E-state index contributed by atoms with van der Waals surface area (Å²) in [5, 5.41) is 37.0. The molecule has 2 rings (SSSR count). The van der Waals surface area contributed by atoms with Crippen molar-refractivity contribution in [3.63, 3.8) is 0 Å². The average molecular weight is 244 g/mol. The third kappa shape index (κ3) is 2.55. The molecule has 18 heavy (non-hydrogen) atoms. The van der Waals surface area contributed by atoms with Crippen LogP contribution in [0.2, 0.25) is 0 Å². The summed E-state index contributed by atoms with van der Waals surface area (Å²) in [5.74, 6) is -1.09. The molecule has 0 fully saturated rings. The summed E-state index contributed by atoms with van der Waals surface area (Å²) in [5.41, 5.74) is 1.41. The van der Waals surface area contributed by atoms with Crippen LogP contribution in [-0.4, -0.2) is 20.4 Å². The lowest BCUT2D eigenvalue weighted by Gasteiger charge is -2.02. The smallest absolute Gasteiger partial charge is 0.200 e. The highest BCUT2D eigenvalue weighted by Crippen LogP contribution is 2.35. The van der Waals surface area contributed by atoms with Gasteiger partial charge >= 0.3 is 0 Å². The fraction of sp³-hybridized carbons (Fsp3) is 0. The van der Waals surface area contributed by atoms with E-state index in [2.05, 4.69) is 0 Å². The molecule has 92 valence electrons. The van der Waals surface area contributed by atoms with Crippen molar-refractivity contribution in [1.29, 1.82) is 0 Å². The number of aromatic hydroxyl groups is 4. The Labute approximate surface area is 104 Å². The largest absolute Gasteiger partial charge is 0.508 e. The van der Waals surface area contributed by atoms with Gasteiger partial charge in [-0.05, 0) is 35.4 Å². The van der Waals surface area contributed by atoms with Crippen LogP contribution in [0.1, 0.15) is 11.1 Å². The van der Waals surface area contributed by atoms with Gasteiger partial charge in [-0.1, -0.05) is 24.3 Å². The van der Waals surface area contributed by atoms with Gasteiger partial charge in [0.2, 0.25) is 0 Å². The van der Waals surface area contributed by atoms with Gasteiger partial charge in [0.05, 0.1) is 0 Å². The summed E-state index contributed by atoms with van der Waals surface area (Å²) in [4.78, 5) is 0. The molecule has 2 aromatic rings. The van der Waals surface area contributed by atoms with Crippen LogP contribution in [0, 0.1) is 0 Å². The van der Waals surface area contributed by atoms with Crippen LogP contribution < -0.4 is 0 Å². The fourth-order valence-corrected chi connectivity index (χ4v) is 1.50. The summed E-state index contributed by atoms with van der Waals surface area (Å²) in [6.07, 6.45) is 3.43. The Kier molecular flexibility index (Phi) is 3.10. The van der Waals surface area contributed by atoms with Crippen LogP contribution in [0.5, 0.6) is 23.0 Å². The molecule has 0 atom stereocenters. The van der Waals surface area contributed by atoms with Gasteiger partial charge in [0.15, 0.2) is 17.2 Å². The first-order chi connectivity index (χ1) is 8.56. The van der Waals surface area contributed by atoms with Crippen LogP contribution >= 0.6 is 0 Å². The standard InChI is InChI=1S/C14H12O4/c15-11-5-3-9(4-6-11)1-2-10-7-12(16)14(18)13(17)8-10/h1-8,15-18H/b2-1-. The van der Waals surface area contributed by atoms with Gasteiger partial charge in [-0.15, -0.1) is 0 Å². The zero-order chi connectivity index (χ0) is 13.1. The Hall–Kier alpha value is -2.62. The maximum absolute atomic E-state index is 9.34. The second-order valence-electron chi connectivity index (χ2n) is 3.83. The number of phenolic OH excluding ortho intramolecular Hbond substituents is 4. The SMILES string of the molecule is Oc1ccc(/C=C\c2cc(O)c(O)c(O)c2)cc1. The first-order valence-corrected chi connectivity index (χ1v) is 5.28. The van der Waals surface area contributed by atoms with Crippen LogP contribution in [0.25, 0.3) is 12.2 Å². The number of phenols is 4. The molecule has 0 aromatic heterocycles. The summed E-state index contributed by atoms with van der Waals surface area (Å²) in [7, 11) is 0. The molecular formula is C14H12O4. The van der Waals surface area contributed by atoms with E-state index in [-0.39, 0.29) is 17.2 Å². The minimum absolute atomic E-state index is 0.187. The van der Waals surface area contributed by atoms with E-state index in [4.69, 9.17) is 5.11 Å². The van der Waals surface area contributed by atoms with Crippen molar-refractivity contribution in [1.82, 2.24) is 0 Å². The van der Waals surface area contributed by atoms with Gasteiger partial charge in [-0.2, -0.15) is 0 Å². The molecule has 4 N–H and O–H groups in total. The molecule has 0 aliphatic heterocycles. The van der Waals surface area contributed by atoms with E-state index in [1.807, 2.05) is 0 Å². The molecule has 0 unspecified atom stereocenters. The van der Waals surface area contributed by atoms with Gasteiger partial charge < -0.3 is 20.4 Å². The van der Waals surface area contributed by atoms with Gasteiger partial charge in [-0.3, -0.25) is 0 Å². The summed E-state index contributed by atoms with van der Waals surface area (Å²) in [6, 6.07) is 9.26. The van der Waals surface area contributed by atoms with Crippen LogP contribution in [-0.2, 0) is 0 Å². The number of hydrogen-bond acceptors (Lipinski definition) is 4. The molecule has 0 aliphatic carbocycles. The highest BCUT2D eigenvalue weighted by Gasteiger charge is 2.06. The molecule has 0 spiro atoms. The van der Waals surface area contributed by atoms with E-state index in [1.54, 1.807) is 36.4 Å². The molecule has 2 aromatic carbocycles. The molecule has 0 bridgehead atoms. The highest BCUT2D eigenvalue weighted by molar-refractivity contribution is 5.72. The number of benzene rings is 2. The Bertz CT molecular complexity index is 562. The third-order valence-electron chi connectivity index (χ3n) is 2.45. The van der Waals surface area contributed by atoms with Crippen LogP contribution in [0.15, 0.2) is 36.4 Å². The summed E-state index contributed by atoms with van der Waals surface area (Å²) < 4.78 is 0. The zero-order valence-electron chi connectivity index (χ0n) is 9.41. The zero-order valence-corrected chi connectivity index (χ0v) is 9.41. The van der Waals surface area contributed by atoms with Crippen molar-refractivity contribution < 1.29 is 20.4 Å². The van der Waals surface area contributed by atoms with Crippen molar-refractivity contribution in [3.8, 4) is 23.0 Å². The van der Waals surface area contributed by atoms with Crippen molar-refractivity contribution in [2.24, 2.45) is 0 Å². The van der Waals surface area contributed by atoms with Crippen LogP contribution in [0.4, 0.5) is 0 Å². The maximum atomic E-state index is 9.34. The van der Waals surface area contributed by atoms with Gasteiger partial charge in [0.25, 0.3) is 0 Å². The van der Waals surface area contributed by atoms with E-state index in [0.29, 0.717) is 5.56 Å². The Morgan fingerprint density at radius 3 is 1.72 bits per heavy atom. The van der Waals surface area contributed by atoms with E-state index in [0.717, 1.165) is 5.56 Å². The summed E-state index contributed by atoms with van der Waals surface area (Å²) in [6.45, 7) is 0. The monoisotopic (exact) mass is 244 g/mol. The summed E-state index contributed by atoms with van der Waals surface area (Å²) >= 11 is 0. The van der Waals surface area contributed by atoms with Gasteiger partial charge in [-0.25, -0.2) is 0 Å². The lowest BCUT2D eigenvalue weighted by molar-refractivity contribution is 0.368. The maximum Gasteiger partial charge on any atom is 0.200 e. The van der Waals surface area contributed by atoms with Crippen molar-refractivity contribution in [3.05, 3.63) is 47.5 Å².